The first-order chi connectivity index (χ1) is 13.9. The minimum Gasteiger partial charge on any atom is -0.106 e. The summed E-state index contributed by atoms with van der Waals surface area (Å²) < 4.78 is 0. The maximum absolute atomic E-state index is 5.10. The first kappa shape index (κ1) is 27.1. The molecule has 0 saturated carbocycles. The molecule has 0 aromatic rings. The summed E-state index contributed by atoms with van der Waals surface area (Å²) in [6.45, 7) is 2.30. The van der Waals surface area contributed by atoms with E-state index in [1.807, 2.05) is 0 Å². The van der Waals surface area contributed by atoms with Crippen LogP contribution in [0.1, 0.15) is 155 Å². The number of unbranched alkanes of at least 4 members (excludes halogenated alkanes) is 22. The second kappa shape index (κ2) is 26.1. The lowest BCUT2D eigenvalue weighted by atomic mass is 10.0. The van der Waals surface area contributed by atoms with Gasteiger partial charge in [0.25, 0.3) is 0 Å². The topological polar surface area (TPSA) is 0 Å². The maximum Gasteiger partial charge on any atom is 0.00989 e. The normalized spacial score (nSPS) is 10.4. The largest absolute Gasteiger partial charge is 0.106 e. The third kappa shape index (κ3) is 25.1. The zero-order valence-electron chi connectivity index (χ0n) is 19.3. The van der Waals surface area contributed by atoms with Gasteiger partial charge in [-0.25, -0.2) is 0 Å². The standard InChI is InChI=1S/C28H50/c1-3-5-7-9-11-13-15-17-19-21-23-25-27-28-26-24-22-20-18-16-14-12-10-8-6-4-2/h1H,4,6,8-28H2,2H3. The van der Waals surface area contributed by atoms with Gasteiger partial charge in [-0.1, -0.05) is 148 Å². The molecule has 162 valence electrons. The molecule has 0 aliphatic rings. The van der Waals surface area contributed by atoms with E-state index in [1.54, 1.807) is 0 Å². The summed E-state index contributed by atoms with van der Waals surface area (Å²) >= 11 is 0. The molecule has 0 bridgehead atoms. The molecule has 0 radical (unpaired) electrons. The van der Waals surface area contributed by atoms with Crippen molar-refractivity contribution in [3.8, 4) is 24.2 Å². The highest BCUT2D eigenvalue weighted by molar-refractivity contribution is 5.21. The van der Waals surface area contributed by atoms with Crippen LogP contribution in [0.5, 0.6) is 0 Å². The Hall–Kier alpha value is -0.880. The molecule has 0 nitrogen and oxygen atoms in total. The second-order valence-corrected chi connectivity index (χ2v) is 8.62. The number of hydrogen-bond donors (Lipinski definition) is 0. The molecule has 0 heteroatoms. The van der Waals surface area contributed by atoms with Gasteiger partial charge in [-0.3, -0.25) is 0 Å². The van der Waals surface area contributed by atoms with Crippen molar-refractivity contribution in [1.29, 1.82) is 0 Å². The van der Waals surface area contributed by atoms with E-state index in [1.165, 1.54) is 141 Å². The fourth-order valence-electron chi connectivity index (χ4n) is 3.94. The van der Waals surface area contributed by atoms with Crippen molar-refractivity contribution in [2.24, 2.45) is 0 Å². The summed E-state index contributed by atoms with van der Waals surface area (Å²) in [5.41, 5.74) is 0. The minimum absolute atomic E-state index is 0.976. The van der Waals surface area contributed by atoms with Crippen LogP contribution in [0.2, 0.25) is 0 Å². The molecule has 0 aliphatic carbocycles. The predicted octanol–water partition coefficient (Wildman–Crippen LogP) is 9.62. The Labute approximate surface area is 179 Å². The molecule has 0 unspecified atom stereocenters. The SMILES string of the molecule is C#CC#CCCCCCCCCCCCCCCCCCCCCCCCC. The van der Waals surface area contributed by atoms with E-state index >= 15 is 0 Å². The Morgan fingerprint density at radius 3 is 1.00 bits per heavy atom. The average molecular weight is 387 g/mol. The van der Waals surface area contributed by atoms with E-state index in [4.69, 9.17) is 6.42 Å². The molecule has 0 fully saturated rings. The fraction of sp³-hybridized carbons (Fsp3) is 0.857. The van der Waals surface area contributed by atoms with E-state index in [9.17, 15) is 0 Å². The van der Waals surface area contributed by atoms with Crippen LogP contribution in [-0.2, 0) is 0 Å². The Bertz CT molecular complexity index is 375. The highest BCUT2D eigenvalue weighted by atomic mass is 14.0. The number of rotatable bonds is 22. The maximum atomic E-state index is 5.10. The molecule has 0 saturated heterocycles. The van der Waals surface area contributed by atoms with E-state index in [0.717, 1.165) is 6.42 Å². The van der Waals surface area contributed by atoms with Crippen LogP contribution >= 0.6 is 0 Å². The Morgan fingerprint density at radius 2 is 0.714 bits per heavy atom. The van der Waals surface area contributed by atoms with Crippen LogP contribution in [0.15, 0.2) is 0 Å². The first-order valence-corrected chi connectivity index (χ1v) is 12.8. The van der Waals surface area contributed by atoms with Crippen molar-refractivity contribution in [2.45, 2.75) is 155 Å². The van der Waals surface area contributed by atoms with Crippen LogP contribution in [0.25, 0.3) is 0 Å². The number of hydrogen-bond acceptors (Lipinski definition) is 0. The van der Waals surface area contributed by atoms with Gasteiger partial charge in [-0.15, -0.1) is 6.42 Å². The minimum atomic E-state index is 0.976. The third-order valence-corrected chi connectivity index (χ3v) is 5.82. The molecule has 0 atom stereocenters. The van der Waals surface area contributed by atoms with Gasteiger partial charge in [-0.2, -0.15) is 0 Å². The summed E-state index contributed by atoms with van der Waals surface area (Å²) in [5, 5.41) is 0. The molecular formula is C28H50. The summed E-state index contributed by atoms with van der Waals surface area (Å²) in [6, 6.07) is 0. The molecule has 0 rings (SSSR count). The molecule has 0 aromatic heterocycles. The van der Waals surface area contributed by atoms with Gasteiger partial charge >= 0.3 is 0 Å². The smallest absolute Gasteiger partial charge is 0.00989 e. The summed E-state index contributed by atoms with van der Waals surface area (Å²) in [6.07, 6.45) is 37.6. The van der Waals surface area contributed by atoms with Crippen LogP contribution < -0.4 is 0 Å². The van der Waals surface area contributed by atoms with Crippen molar-refractivity contribution >= 4 is 0 Å². The Kier molecular flexibility index (Phi) is 25.3. The zero-order chi connectivity index (χ0) is 20.4. The molecular weight excluding hydrogens is 336 g/mol. The lowest BCUT2D eigenvalue weighted by Gasteiger charge is -2.04. The van der Waals surface area contributed by atoms with E-state index in [2.05, 4.69) is 24.7 Å². The molecule has 0 N–H and O–H groups in total. The zero-order valence-corrected chi connectivity index (χ0v) is 19.3. The average Bonchev–Trinajstić information content (AvgIpc) is 2.71. The molecule has 0 heterocycles. The van der Waals surface area contributed by atoms with Crippen molar-refractivity contribution in [3.63, 3.8) is 0 Å². The molecule has 0 aromatic carbocycles. The Balaban J connectivity index is 3.01. The van der Waals surface area contributed by atoms with Crippen molar-refractivity contribution in [1.82, 2.24) is 0 Å². The van der Waals surface area contributed by atoms with Gasteiger partial charge in [0.1, 0.15) is 0 Å². The molecule has 0 aliphatic heterocycles. The van der Waals surface area contributed by atoms with Crippen LogP contribution in [0.4, 0.5) is 0 Å². The second-order valence-electron chi connectivity index (χ2n) is 8.62. The molecule has 28 heavy (non-hydrogen) atoms. The van der Waals surface area contributed by atoms with Crippen LogP contribution in [0.3, 0.4) is 0 Å². The third-order valence-electron chi connectivity index (χ3n) is 5.82. The van der Waals surface area contributed by atoms with E-state index < -0.39 is 0 Å². The predicted molar refractivity (Wildman–Crippen MR) is 128 cm³/mol. The van der Waals surface area contributed by atoms with E-state index in [0.29, 0.717) is 0 Å². The summed E-state index contributed by atoms with van der Waals surface area (Å²) in [5.74, 6) is 8.07. The van der Waals surface area contributed by atoms with Gasteiger partial charge in [0.2, 0.25) is 0 Å². The van der Waals surface area contributed by atoms with Crippen LogP contribution in [-0.4, -0.2) is 0 Å². The monoisotopic (exact) mass is 386 g/mol. The Morgan fingerprint density at radius 1 is 0.429 bits per heavy atom. The van der Waals surface area contributed by atoms with Crippen molar-refractivity contribution in [3.05, 3.63) is 0 Å². The van der Waals surface area contributed by atoms with Gasteiger partial charge in [0.05, 0.1) is 0 Å². The van der Waals surface area contributed by atoms with Crippen LogP contribution in [0, 0.1) is 24.2 Å². The summed E-state index contributed by atoms with van der Waals surface area (Å²) in [7, 11) is 0. The highest BCUT2D eigenvalue weighted by Crippen LogP contribution is 2.15. The lowest BCUT2D eigenvalue weighted by Crippen LogP contribution is -1.84. The van der Waals surface area contributed by atoms with Gasteiger partial charge in [-0.05, 0) is 18.3 Å². The van der Waals surface area contributed by atoms with E-state index in [-0.39, 0.29) is 0 Å². The van der Waals surface area contributed by atoms with Crippen molar-refractivity contribution in [2.75, 3.05) is 0 Å². The van der Waals surface area contributed by atoms with Gasteiger partial charge in [0, 0.05) is 6.42 Å². The quantitative estimate of drug-likeness (QED) is 0.128. The fourth-order valence-corrected chi connectivity index (χ4v) is 3.94. The molecule has 0 spiro atoms. The lowest BCUT2D eigenvalue weighted by molar-refractivity contribution is 0.519. The van der Waals surface area contributed by atoms with Gasteiger partial charge < -0.3 is 0 Å². The highest BCUT2D eigenvalue weighted by Gasteiger charge is 1.95. The number of terminal acetylenes is 1. The van der Waals surface area contributed by atoms with Crippen molar-refractivity contribution < 1.29 is 0 Å². The molecule has 0 amide bonds. The first-order valence-electron chi connectivity index (χ1n) is 12.8. The summed E-state index contributed by atoms with van der Waals surface area (Å²) in [4.78, 5) is 0. The van der Waals surface area contributed by atoms with Gasteiger partial charge in [0.15, 0.2) is 0 Å².